The van der Waals surface area contributed by atoms with E-state index in [0.29, 0.717) is 27.2 Å². The van der Waals surface area contributed by atoms with Crippen molar-refractivity contribution in [1.82, 2.24) is 4.98 Å². The molecular weight excluding hydrogens is 259 g/mol. The largest absolute Gasteiger partial charge is 0.455 e. The Morgan fingerprint density at radius 3 is 2.65 bits per heavy atom. The highest BCUT2D eigenvalue weighted by Crippen LogP contribution is 2.32. The topological polar surface area (TPSA) is 48.1 Å². The monoisotopic (exact) mass is 268 g/mol. The van der Waals surface area contributed by atoms with Crippen LogP contribution in [-0.2, 0) is 0 Å². The summed E-state index contributed by atoms with van der Waals surface area (Å²) >= 11 is 11.8. The van der Waals surface area contributed by atoms with E-state index in [-0.39, 0.29) is 0 Å². The Morgan fingerprint density at radius 2 is 1.94 bits per heavy atom. The zero-order chi connectivity index (χ0) is 12.4. The van der Waals surface area contributed by atoms with Crippen LogP contribution in [0.1, 0.15) is 5.56 Å². The van der Waals surface area contributed by atoms with Crippen LogP contribution in [0.15, 0.2) is 30.6 Å². The minimum Gasteiger partial charge on any atom is -0.455 e. The maximum absolute atomic E-state index is 5.94. The van der Waals surface area contributed by atoms with Gasteiger partial charge in [-0.25, -0.2) is 0 Å². The maximum atomic E-state index is 5.94. The van der Waals surface area contributed by atoms with Gasteiger partial charge in [0.2, 0.25) is 0 Å². The summed E-state index contributed by atoms with van der Waals surface area (Å²) < 4.78 is 5.64. The number of rotatable bonds is 2. The van der Waals surface area contributed by atoms with Gasteiger partial charge in [0, 0.05) is 18.3 Å². The van der Waals surface area contributed by atoms with Gasteiger partial charge < -0.3 is 10.5 Å². The van der Waals surface area contributed by atoms with Crippen LogP contribution in [0.5, 0.6) is 11.5 Å². The van der Waals surface area contributed by atoms with Gasteiger partial charge in [0.15, 0.2) is 0 Å². The van der Waals surface area contributed by atoms with E-state index >= 15 is 0 Å². The smallest absolute Gasteiger partial charge is 0.147 e. The molecule has 0 aliphatic carbocycles. The van der Waals surface area contributed by atoms with Crippen LogP contribution in [-0.4, -0.2) is 4.98 Å². The molecule has 0 saturated carbocycles. The van der Waals surface area contributed by atoms with Crippen molar-refractivity contribution in [3.63, 3.8) is 0 Å². The third kappa shape index (κ3) is 2.81. The van der Waals surface area contributed by atoms with Crippen molar-refractivity contribution in [3.05, 3.63) is 46.2 Å². The summed E-state index contributed by atoms with van der Waals surface area (Å²) in [5, 5.41) is 0.974. The van der Waals surface area contributed by atoms with Gasteiger partial charge in [0.05, 0.1) is 21.9 Å². The Hall–Kier alpha value is -1.45. The number of hydrogen-bond acceptors (Lipinski definition) is 3. The summed E-state index contributed by atoms with van der Waals surface area (Å²) in [5.74, 6) is 1.19. The Bertz CT molecular complexity index is 558. The Balaban J connectivity index is 2.33. The summed E-state index contributed by atoms with van der Waals surface area (Å²) in [6.07, 6.45) is 3.12. The number of nitrogens with zero attached hydrogens (tertiary/aromatic N) is 1. The predicted molar refractivity (Wildman–Crippen MR) is 69.9 cm³/mol. The number of aromatic nitrogens is 1. The van der Waals surface area contributed by atoms with Gasteiger partial charge in [0.1, 0.15) is 11.5 Å². The van der Waals surface area contributed by atoms with E-state index in [1.165, 1.54) is 6.20 Å². The van der Waals surface area contributed by atoms with Crippen molar-refractivity contribution >= 4 is 28.9 Å². The molecule has 1 aromatic carbocycles. The van der Waals surface area contributed by atoms with Crippen LogP contribution in [0.2, 0.25) is 10.0 Å². The second-order valence-electron chi connectivity index (χ2n) is 3.58. The normalized spacial score (nSPS) is 10.3. The molecule has 2 aromatic rings. The molecule has 0 unspecified atom stereocenters. The minimum atomic E-state index is 0.459. The fourth-order valence-corrected chi connectivity index (χ4v) is 1.69. The lowest BCUT2D eigenvalue weighted by Crippen LogP contribution is -1.92. The lowest BCUT2D eigenvalue weighted by atomic mass is 10.2. The molecular formula is C12H10Cl2N2O. The van der Waals surface area contributed by atoms with Crippen molar-refractivity contribution in [1.29, 1.82) is 0 Å². The van der Waals surface area contributed by atoms with Crippen LogP contribution >= 0.6 is 23.2 Å². The molecule has 0 aliphatic rings. The standard InChI is InChI=1S/C12H10Cl2N2O/c1-7-2-11(15)10(14)4-12(7)17-9-3-8(13)5-16-6-9/h2-6H,15H2,1H3. The summed E-state index contributed by atoms with van der Waals surface area (Å²) in [5.41, 5.74) is 7.11. The van der Waals surface area contributed by atoms with E-state index in [9.17, 15) is 0 Å². The lowest BCUT2D eigenvalue weighted by molar-refractivity contribution is 0.477. The van der Waals surface area contributed by atoms with Crippen LogP contribution < -0.4 is 10.5 Å². The Morgan fingerprint density at radius 1 is 1.18 bits per heavy atom. The predicted octanol–water partition coefficient (Wildman–Crippen LogP) is 4.07. The molecule has 0 bridgehead atoms. The quantitative estimate of drug-likeness (QED) is 0.836. The van der Waals surface area contributed by atoms with E-state index < -0.39 is 0 Å². The number of nitrogen functional groups attached to an aromatic ring is 1. The van der Waals surface area contributed by atoms with E-state index in [4.69, 9.17) is 33.7 Å². The number of anilines is 1. The van der Waals surface area contributed by atoms with Gasteiger partial charge in [-0.15, -0.1) is 0 Å². The minimum absolute atomic E-state index is 0.459. The lowest BCUT2D eigenvalue weighted by Gasteiger charge is -2.10. The highest BCUT2D eigenvalue weighted by molar-refractivity contribution is 6.33. The van der Waals surface area contributed by atoms with E-state index in [1.54, 1.807) is 24.4 Å². The number of ether oxygens (including phenoxy) is 1. The molecule has 0 aliphatic heterocycles. The molecule has 3 nitrogen and oxygen atoms in total. The molecule has 2 rings (SSSR count). The first kappa shape index (κ1) is 12.0. The third-order valence-electron chi connectivity index (χ3n) is 2.20. The third-order valence-corrected chi connectivity index (χ3v) is 2.74. The van der Waals surface area contributed by atoms with Crippen LogP contribution in [0, 0.1) is 6.92 Å². The fraction of sp³-hybridized carbons (Fsp3) is 0.0833. The Kier molecular flexibility index (Phi) is 3.41. The molecule has 0 atom stereocenters. The molecule has 2 N–H and O–H groups in total. The first-order valence-electron chi connectivity index (χ1n) is 4.90. The molecule has 5 heteroatoms. The average molecular weight is 269 g/mol. The molecule has 0 spiro atoms. The molecule has 0 fully saturated rings. The molecule has 1 aromatic heterocycles. The molecule has 1 heterocycles. The molecule has 88 valence electrons. The fourth-order valence-electron chi connectivity index (χ4n) is 1.37. The van der Waals surface area contributed by atoms with Gasteiger partial charge in [-0.2, -0.15) is 0 Å². The van der Waals surface area contributed by atoms with E-state index in [0.717, 1.165) is 5.56 Å². The maximum Gasteiger partial charge on any atom is 0.147 e. The number of aryl methyl sites for hydroxylation is 1. The van der Waals surface area contributed by atoms with Crippen molar-refractivity contribution in [2.24, 2.45) is 0 Å². The summed E-state index contributed by atoms with van der Waals surface area (Å²) in [6, 6.07) is 5.11. The molecule has 0 saturated heterocycles. The van der Waals surface area contributed by atoms with Crippen LogP contribution in [0.3, 0.4) is 0 Å². The highest BCUT2D eigenvalue weighted by Gasteiger charge is 2.06. The van der Waals surface area contributed by atoms with E-state index in [1.807, 2.05) is 6.92 Å². The molecule has 0 amide bonds. The second-order valence-corrected chi connectivity index (χ2v) is 4.42. The number of nitrogens with two attached hydrogens (primary N) is 1. The highest BCUT2D eigenvalue weighted by atomic mass is 35.5. The number of halogens is 2. The summed E-state index contributed by atoms with van der Waals surface area (Å²) in [6.45, 7) is 1.89. The van der Waals surface area contributed by atoms with Gasteiger partial charge in [-0.3, -0.25) is 4.98 Å². The zero-order valence-corrected chi connectivity index (χ0v) is 10.6. The van der Waals surface area contributed by atoms with Crippen molar-refractivity contribution < 1.29 is 4.74 Å². The van der Waals surface area contributed by atoms with Gasteiger partial charge in [-0.05, 0) is 18.6 Å². The van der Waals surface area contributed by atoms with Crippen LogP contribution in [0.4, 0.5) is 5.69 Å². The summed E-state index contributed by atoms with van der Waals surface area (Å²) in [4.78, 5) is 3.94. The number of hydrogen-bond donors (Lipinski definition) is 1. The number of pyridine rings is 1. The first-order valence-corrected chi connectivity index (χ1v) is 5.66. The van der Waals surface area contributed by atoms with Gasteiger partial charge in [-0.1, -0.05) is 23.2 Å². The summed E-state index contributed by atoms with van der Waals surface area (Å²) in [7, 11) is 0. The van der Waals surface area contributed by atoms with Crippen molar-refractivity contribution in [3.8, 4) is 11.5 Å². The second kappa shape index (κ2) is 4.82. The number of benzene rings is 1. The van der Waals surface area contributed by atoms with Crippen LogP contribution in [0.25, 0.3) is 0 Å². The van der Waals surface area contributed by atoms with Crippen molar-refractivity contribution in [2.75, 3.05) is 5.73 Å². The molecule has 0 radical (unpaired) electrons. The molecule has 17 heavy (non-hydrogen) atoms. The first-order chi connectivity index (χ1) is 8.06. The van der Waals surface area contributed by atoms with Gasteiger partial charge >= 0.3 is 0 Å². The van der Waals surface area contributed by atoms with Gasteiger partial charge in [0.25, 0.3) is 0 Å². The Labute approximate surface area is 109 Å². The average Bonchev–Trinajstić information content (AvgIpc) is 2.26. The van der Waals surface area contributed by atoms with E-state index in [2.05, 4.69) is 4.98 Å². The SMILES string of the molecule is Cc1cc(N)c(Cl)cc1Oc1cncc(Cl)c1. The zero-order valence-electron chi connectivity index (χ0n) is 9.08. The van der Waals surface area contributed by atoms with Crippen molar-refractivity contribution in [2.45, 2.75) is 6.92 Å².